The van der Waals surface area contributed by atoms with Gasteiger partial charge in [0.25, 0.3) is 0 Å². The first-order valence-corrected chi connectivity index (χ1v) is 8.15. The van der Waals surface area contributed by atoms with Crippen LogP contribution in [0.3, 0.4) is 0 Å². The molecule has 2 aromatic rings. The second kappa shape index (κ2) is 6.55. The van der Waals surface area contributed by atoms with E-state index in [9.17, 15) is 13.2 Å². The van der Waals surface area contributed by atoms with Crippen molar-refractivity contribution in [2.45, 2.75) is 45.5 Å². The zero-order valence-electron chi connectivity index (χ0n) is 13.8. The molecule has 0 radical (unpaired) electrons. The highest BCUT2D eigenvalue weighted by atomic mass is 19.4. The molecule has 0 bridgehead atoms. The maximum Gasteiger partial charge on any atom is 0.416 e. The van der Waals surface area contributed by atoms with Crippen molar-refractivity contribution in [3.05, 3.63) is 47.0 Å². The number of hydrogen-bond donors (Lipinski definition) is 0. The van der Waals surface area contributed by atoms with Gasteiger partial charge in [-0.15, -0.1) is 10.2 Å². The highest BCUT2D eigenvalue weighted by Gasteiger charge is 2.30. The average molecular weight is 338 g/mol. The van der Waals surface area contributed by atoms with Gasteiger partial charge in [0.05, 0.1) is 5.56 Å². The van der Waals surface area contributed by atoms with Gasteiger partial charge in [0, 0.05) is 38.5 Å². The Hall–Kier alpha value is -1.89. The van der Waals surface area contributed by atoms with Crippen LogP contribution in [0.2, 0.25) is 0 Å². The lowest BCUT2D eigenvalue weighted by atomic mass is 10.1. The van der Waals surface area contributed by atoms with Crippen molar-refractivity contribution < 1.29 is 13.2 Å². The predicted octanol–water partition coefficient (Wildman–Crippen LogP) is 3.48. The first-order chi connectivity index (χ1) is 11.3. The molecule has 0 saturated heterocycles. The van der Waals surface area contributed by atoms with E-state index in [1.165, 1.54) is 0 Å². The number of benzene rings is 1. The Labute approximate surface area is 139 Å². The summed E-state index contributed by atoms with van der Waals surface area (Å²) in [5, 5.41) is 8.55. The Bertz CT molecular complexity index is 689. The summed E-state index contributed by atoms with van der Waals surface area (Å²) in [6, 6.07) is 5.43. The summed E-state index contributed by atoms with van der Waals surface area (Å²) in [7, 11) is 0. The van der Waals surface area contributed by atoms with Crippen molar-refractivity contribution in [3.8, 4) is 0 Å². The monoisotopic (exact) mass is 338 g/mol. The highest BCUT2D eigenvalue weighted by Crippen LogP contribution is 2.29. The molecule has 0 unspecified atom stereocenters. The molecule has 3 rings (SSSR count). The van der Waals surface area contributed by atoms with Crippen LogP contribution in [0.5, 0.6) is 0 Å². The third kappa shape index (κ3) is 3.61. The third-order valence-corrected chi connectivity index (χ3v) is 4.35. The molecule has 4 nitrogen and oxygen atoms in total. The number of aromatic nitrogens is 3. The van der Waals surface area contributed by atoms with Gasteiger partial charge in [-0.05, 0) is 17.7 Å². The molecular formula is C17H21F3N4. The van der Waals surface area contributed by atoms with Crippen molar-refractivity contribution in [2.24, 2.45) is 0 Å². The summed E-state index contributed by atoms with van der Waals surface area (Å²) in [4.78, 5) is 2.25. The van der Waals surface area contributed by atoms with Crippen LogP contribution in [0.25, 0.3) is 0 Å². The molecule has 0 spiro atoms. The first-order valence-electron chi connectivity index (χ1n) is 8.15. The van der Waals surface area contributed by atoms with Gasteiger partial charge in [-0.1, -0.05) is 26.0 Å². The van der Waals surface area contributed by atoms with E-state index in [0.29, 0.717) is 12.5 Å². The fourth-order valence-corrected chi connectivity index (χ4v) is 3.03. The summed E-state index contributed by atoms with van der Waals surface area (Å²) in [6.45, 7) is 7.33. The predicted molar refractivity (Wildman–Crippen MR) is 84.5 cm³/mol. The van der Waals surface area contributed by atoms with E-state index in [1.54, 1.807) is 12.1 Å². The average Bonchev–Trinajstić information content (AvgIpc) is 2.83. The summed E-state index contributed by atoms with van der Waals surface area (Å²) in [5.74, 6) is 2.32. The Morgan fingerprint density at radius 2 is 1.75 bits per heavy atom. The van der Waals surface area contributed by atoms with Gasteiger partial charge in [-0.2, -0.15) is 13.2 Å². The molecule has 130 valence electrons. The van der Waals surface area contributed by atoms with E-state index in [0.717, 1.165) is 55.4 Å². The zero-order valence-corrected chi connectivity index (χ0v) is 13.8. The molecule has 0 fully saturated rings. The van der Waals surface area contributed by atoms with E-state index in [2.05, 4.69) is 33.5 Å². The van der Waals surface area contributed by atoms with Gasteiger partial charge in [0.1, 0.15) is 11.6 Å². The van der Waals surface area contributed by atoms with Crippen LogP contribution in [-0.2, 0) is 25.7 Å². The molecule has 0 aliphatic carbocycles. The van der Waals surface area contributed by atoms with Gasteiger partial charge in [0.2, 0.25) is 0 Å². The highest BCUT2D eigenvalue weighted by molar-refractivity contribution is 5.24. The SMILES string of the molecule is CC(C)c1nnc2n1CCN(Cc1ccc(C(F)(F)F)cc1)CC2. The molecule has 0 atom stereocenters. The molecule has 24 heavy (non-hydrogen) atoms. The number of rotatable bonds is 3. The topological polar surface area (TPSA) is 34.0 Å². The maximum absolute atomic E-state index is 12.6. The quantitative estimate of drug-likeness (QED) is 0.859. The molecule has 0 amide bonds. The Kier molecular flexibility index (Phi) is 4.62. The third-order valence-electron chi connectivity index (χ3n) is 4.35. The number of alkyl halides is 3. The van der Waals surface area contributed by atoms with Crippen LogP contribution in [0.15, 0.2) is 24.3 Å². The lowest BCUT2D eigenvalue weighted by Gasteiger charge is -2.20. The maximum atomic E-state index is 12.6. The molecule has 1 aromatic carbocycles. The van der Waals surface area contributed by atoms with E-state index in [4.69, 9.17) is 0 Å². The lowest BCUT2D eigenvalue weighted by Crippen LogP contribution is -2.26. The molecule has 7 heteroatoms. The lowest BCUT2D eigenvalue weighted by molar-refractivity contribution is -0.137. The van der Waals surface area contributed by atoms with E-state index in [1.807, 2.05) is 0 Å². The van der Waals surface area contributed by atoms with Crippen molar-refractivity contribution in [2.75, 3.05) is 13.1 Å². The molecule has 1 aliphatic rings. The molecule has 1 aromatic heterocycles. The summed E-state index contributed by atoms with van der Waals surface area (Å²) < 4.78 is 40.1. The van der Waals surface area contributed by atoms with Crippen molar-refractivity contribution in [1.82, 2.24) is 19.7 Å². The minimum Gasteiger partial charge on any atom is -0.313 e. The summed E-state index contributed by atoms with van der Waals surface area (Å²) >= 11 is 0. The van der Waals surface area contributed by atoms with Gasteiger partial charge in [0.15, 0.2) is 0 Å². The van der Waals surface area contributed by atoms with Crippen LogP contribution in [0.4, 0.5) is 13.2 Å². The van der Waals surface area contributed by atoms with Crippen LogP contribution in [0.1, 0.15) is 42.5 Å². The van der Waals surface area contributed by atoms with Crippen LogP contribution in [0, 0.1) is 0 Å². The van der Waals surface area contributed by atoms with E-state index < -0.39 is 11.7 Å². The van der Waals surface area contributed by atoms with Crippen LogP contribution >= 0.6 is 0 Å². The summed E-state index contributed by atoms with van der Waals surface area (Å²) in [6.07, 6.45) is -3.48. The fraction of sp³-hybridized carbons (Fsp3) is 0.529. The normalized spacial score (nSPS) is 16.2. The number of nitrogens with zero attached hydrogens (tertiary/aromatic N) is 4. The largest absolute Gasteiger partial charge is 0.416 e. The van der Waals surface area contributed by atoms with Gasteiger partial charge < -0.3 is 4.57 Å². The van der Waals surface area contributed by atoms with E-state index >= 15 is 0 Å². The second-order valence-electron chi connectivity index (χ2n) is 6.50. The molecule has 1 aliphatic heterocycles. The number of fused-ring (bicyclic) bond motifs is 1. The minimum atomic E-state index is -4.28. The van der Waals surface area contributed by atoms with Crippen molar-refractivity contribution >= 4 is 0 Å². The minimum absolute atomic E-state index is 0.327. The Morgan fingerprint density at radius 3 is 2.38 bits per heavy atom. The summed E-state index contributed by atoms with van der Waals surface area (Å²) in [5.41, 5.74) is 0.291. The van der Waals surface area contributed by atoms with Gasteiger partial charge in [-0.3, -0.25) is 4.90 Å². The van der Waals surface area contributed by atoms with Crippen LogP contribution in [-0.4, -0.2) is 32.8 Å². The molecular weight excluding hydrogens is 317 g/mol. The van der Waals surface area contributed by atoms with Gasteiger partial charge >= 0.3 is 6.18 Å². The number of hydrogen-bond acceptors (Lipinski definition) is 3. The van der Waals surface area contributed by atoms with E-state index in [-0.39, 0.29) is 0 Å². The first kappa shape index (κ1) is 17.0. The Balaban J connectivity index is 1.66. The molecule has 2 heterocycles. The number of halogens is 3. The van der Waals surface area contributed by atoms with Crippen LogP contribution < -0.4 is 0 Å². The van der Waals surface area contributed by atoms with Crippen molar-refractivity contribution in [3.63, 3.8) is 0 Å². The zero-order chi connectivity index (χ0) is 17.3. The second-order valence-corrected chi connectivity index (χ2v) is 6.50. The molecule has 0 saturated carbocycles. The van der Waals surface area contributed by atoms with Crippen molar-refractivity contribution in [1.29, 1.82) is 0 Å². The Morgan fingerprint density at radius 1 is 1.04 bits per heavy atom. The smallest absolute Gasteiger partial charge is 0.313 e. The fourth-order valence-electron chi connectivity index (χ4n) is 3.03. The van der Waals surface area contributed by atoms with Gasteiger partial charge in [-0.25, -0.2) is 0 Å². The standard InChI is InChI=1S/C17H21F3N4/c1-12(2)16-22-21-15-7-8-23(9-10-24(15)16)11-13-3-5-14(6-4-13)17(18,19)20/h3-6,12H,7-11H2,1-2H3. The molecule has 0 N–H and O–H groups in total.